The molecule has 7 heteroatoms. The first-order chi connectivity index (χ1) is 9.70. The van der Waals surface area contributed by atoms with Crippen molar-refractivity contribution in [1.29, 1.82) is 0 Å². The smallest absolute Gasteiger partial charge is 0.269 e. The van der Waals surface area contributed by atoms with E-state index < -0.39 is 5.91 Å². The molecule has 20 heavy (non-hydrogen) atoms. The standard InChI is InChI=1S/C13H14N6O/c14-6-4-10-13(16-11-3-1-2-7-18(10)11)19-8-5-9(17-19)12(15)20/h1-3,5,7-8H,4,6,14H2,(H2,15,20). The van der Waals surface area contributed by atoms with Gasteiger partial charge in [-0.3, -0.25) is 4.79 Å². The summed E-state index contributed by atoms with van der Waals surface area (Å²) < 4.78 is 3.52. The largest absolute Gasteiger partial charge is 0.364 e. The molecule has 0 radical (unpaired) electrons. The normalized spacial score (nSPS) is 11.1. The van der Waals surface area contributed by atoms with Crippen molar-refractivity contribution in [2.75, 3.05) is 6.54 Å². The van der Waals surface area contributed by atoms with E-state index in [1.807, 2.05) is 28.8 Å². The van der Waals surface area contributed by atoms with Crippen molar-refractivity contribution in [3.05, 3.63) is 48.0 Å². The number of carbonyl (C=O) groups is 1. The number of primary amides is 1. The average Bonchev–Trinajstić information content (AvgIpc) is 3.04. The third kappa shape index (κ3) is 1.94. The van der Waals surface area contributed by atoms with Crippen LogP contribution in [0.25, 0.3) is 11.5 Å². The lowest BCUT2D eigenvalue weighted by atomic mass is 10.3. The van der Waals surface area contributed by atoms with E-state index in [-0.39, 0.29) is 5.69 Å². The lowest BCUT2D eigenvalue weighted by Crippen LogP contribution is -2.13. The number of pyridine rings is 1. The van der Waals surface area contributed by atoms with E-state index in [1.165, 1.54) is 0 Å². The molecule has 3 aromatic heterocycles. The molecule has 0 spiro atoms. The van der Waals surface area contributed by atoms with Crippen molar-refractivity contribution >= 4 is 11.6 Å². The van der Waals surface area contributed by atoms with Gasteiger partial charge in [-0.2, -0.15) is 5.10 Å². The first-order valence-electron chi connectivity index (χ1n) is 6.22. The Morgan fingerprint density at radius 1 is 1.25 bits per heavy atom. The molecule has 0 aliphatic carbocycles. The fourth-order valence-corrected chi connectivity index (χ4v) is 2.16. The molecule has 0 atom stereocenters. The molecule has 7 nitrogen and oxygen atoms in total. The van der Waals surface area contributed by atoms with E-state index in [4.69, 9.17) is 11.5 Å². The quantitative estimate of drug-likeness (QED) is 0.702. The summed E-state index contributed by atoms with van der Waals surface area (Å²) in [5.74, 6) is 0.0991. The van der Waals surface area contributed by atoms with Crippen LogP contribution in [-0.4, -0.2) is 31.6 Å². The Labute approximate surface area is 114 Å². The predicted molar refractivity (Wildman–Crippen MR) is 73.6 cm³/mol. The van der Waals surface area contributed by atoms with Crippen molar-refractivity contribution in [1.82, 2.24) is 19.2 Å². The maximum absolute atomic E-state index is 11.1. The second kappa shape index (κ2) is 4.78. The molecule has 3 heterocycles. The van der Waals surface area contributed by atoms with Crippen molar-refractivity contribution in [2.45, 2.75) is 6.42 Å². The first-order valence-corrected chi connectivity index (χ1v) is 6.22. The number of nitrogens with zero attached hydrogens (tertiary/aromatic N) is 4. The van der Waals surface area contributed by atoms with E-state index >= 15 is 0 Å². The van der Waals surface area contributed by atoms with Gasteiger partial charge >= 0.3 is 0 Å². The predicted octanol–water partition coefficient (Wildman–Crippen LogP) is 0.120. The molecule has 4 N–H and O–H groups in total. The van der Waals surface area contributed by atoms with Crippen LogP contribution in [-0.2, 0) is 6.42 Å². The van der Waals surface area contributed by atoms with Crippen LogP contribution < -0.4 is 11.5 Å². The fourth-order valence-electron chi connectivity index (χ4n) is 2.16. The van der Waals surface area contributed by atoms with E-state index in [2.05, 4.69) is 10.1 Å². The molecule has 1 amide bonds. The number of carbonyl (C=O) groups excluding carboxylic acids is 1. The van der Waals surface area contributed by atoms with Crippen LogP contribution in [0.4, 0.5) is 0 Å². The van der Waals surface area contributed by atoms with E-state index in [0.717, 1.165) is 11.3 Å². The van der Waals surface area contributed by atoms with Gasteiger partial charge in [0.05, 0.1) is 5.69 Å². The van der Waals surface area contributed by atoms with Gasteiger partial charge in [0.1, 0.15) is 11.3 Å². The monoisotopic (exact) mass is 270 g/mol. The molecule has 0 saturated carbocycles. The van der Waals surface area contributed by atoms with E-state index in [1.54, 1.807) is 16.9 Å². The summed E-state index contributed by atoms with van der Waals surface area (Å²) in [6, 6.07) is 7.31. The molecular weight excluding hydrogens is 256 g/mol. The van der Waals surface area contributed by atoms with Crippen molar-refractivity contribution in [3.8, 4) is 5.82 Å². The summed E-state index contributed by atoms with van der Waals surface area (Å²) in [5.41, 5.74) is 12.8. The minimum absolute atomic E-state index is 0.209. The van der Waals surface area contributed by atoms with Crippen LogP contribution in [0.5, 0.6) is 0 Å². The summed E-state index contributed by atoms with van der Waals surface area (Å²) in [6.07, 6.45) is 4.25. The molecule has 0 bridgehead atoms. The lowest BCUT2D eigenvalue weighted by molar-refractivity contribution is 0.0995. The topological polar surface area (TPSA) is 104 Å². The second-order valence-electron chi connectivity index (χ2n) is 4.36. The summed E-state index contributed by atoms with van der Waals surface area (Å²) in [5, 5.41) is 4.14. The Morgan fingerprint density at radius 2 is 2.10 bits per heavy atom. The fraction of sp³-hybridized carbons (Fsp3) is 0.154. The zero-order valence-corrected chi connectivity index (χ0v) is 10.7. The van der Waals surface area contributed by atoms with Gasteiger partial charge in [0.25, 0.3) is 5.91 Å². The maximum Gasteiger partial charge on any atom is 0.269 e. The van der Waals surface area contributed by atoms with Crippen LogP contribution in [0, 0.1) is 0 Å². The molecule has 0 saturated heterocycles. The Balaban J connectivity index is 2.18. The number of rotatable bonds is 4. The summed E-state index contributed by atoms with van der Waals surface area (Å²) >= 11 is 0. The molecule has 0 aliphatic rings. The van der Waals surface area contributed by atoms with Crippen molar-refractivity contribution < 1.29 is 4.79 Å². The first kappa shape index (κ1) is 12.4. The highest BCUT2D eigenvalue weighted by molar-refractivity contribution is 5.90. The van der Waals surface area contributed by atoms with Crippen LogP contribution >= 0.6 is 0 Å². The number of amides is 1. The van der Waals surface area contributed by atoms with Crippen LogP contribution in [0.3, 0.4) is 0 Å². The highest BCUT2D eigenvalue weighted by Gasteiger charge is 2.15. The minimum atomic E-state index is -0.562. The molecule has 102 valence electrons. The van der Waals surface area contributed by atoms with Crippen LogP contribution in [0.2, 0.25) is 0 Å². The van der Waals surface area contributed by atoms with Gasteiger partial charge in [-0.15, -0.1) is 0 Å². The number of nitrogens with two attached hydrogens (primary N) is 2. The van der Waals surface area contributed by atoms with Gasteiger partial charge < -0.3 is 15.9 Å². The molecule has 0 fully saturated rings. The van der Waals surface area contributed by atoms with Crippen molar-refractivity contribution in [3.63, 3.8) is 0 Å². The Kier molecular flexibility index (Phi) is 2.96. The zero-order chi connectivity index (χ0) is 14.1. The number of hydrogen-bond donors (Lipinski definition) is 2. The number of hydrogen-bond acceptors (Lipinski definition) is 4. The summed E-state index contributed by atoms with van der Waals surface area (Å²) in [7, 11) is 0. The molecular formula is C13H14N6O. The van der Waals surface area contributed by atoms with Gasteiger partial charge in [0.15, 0.2) is 5.82 Å². The summed E-state index contributed by atoms with van der Waals surface area (Å²) in [4.78, 5) is 15.7. The Bertz CT molecular complexity index is 772. The highest BCUT2D eigenvalue weighted by Crippen LogP contribution is 2.17. The number of imidazole rings is 1. The second-order valence-corrected chi connectivity index (χ2v) is 4.36. The zero-order valence-electron chi connectivity index (χ0n) is 10.7. The average molecular weight is 270 g/mol. The molecule has 0 aromatic carbocycles. The van der Waals surface area contributed by atoms with Gasteiger partial charge in [-0.1, -0.05) is 6.07 Å². The summed E-state index contributed by atoms with van der Waals surface area (Å²) in [6.45, 7) is 0.500. The van der Waals surface area contributed by atoms with E-state index in [9.17, 15) is 4.79 Å². The number of aromatic nitrogens is 4. The molecule has 3 rings (SSSR count). The van der Waals surface area contributed by atoms with Crippen molar-refractivity contribution in [2.24, 2.45) is 11.5 Å². The van der Waals surface area contributed by atoms with Crippen LogP contribution in [0.15, 0.2) is 36.7 Å². The number of fused-ring (bicyclic) bond motifs is 1. The molecule has 0 aliphatic heterocycles. The molecule has 3 aromatic rings. The van der Waals surface area contributed by atoms with Gasteiger partial charge in [-0.25, -0.2) is 9.67 Å². The third-order valence-electron chi connectivity index (χ3n) is 3.05. The molecule has 0 unspecified atom stereocenters. The maximum atomic E-state index is 11.1. The third-order valence-corrected chi connectivity index (χ3v) is 3.05. The van der Waals surface area contributed by atoms with Crippen LogP contribution in [0.1, 0.15) is 16.2 Å². The highest BCUT2D eigenvalue weighted by atomic mass is 16.1. The lowest BCUT2D eigenvalue weighted by Gasteiger charge is -2.03. The van der Waals surface area contributed by atoms with Gasteiger partial charge in [-0.05, 0) is 24.7 Å². The Morgan fingerprint density at radius 3 is 2.80 bits per heavy atom. The SMILES string of the molecule is NCCc1c(-n2ccc(C(N)=O)n2)nc2ccccn12. The Hall–Kier alpha value is -2.67. The van der Waals surface area contributed by atoms with Gasteiger partial charge in [0, 0.05) is 18.8 Å². The van der Waals surface area contributed by atoms with Gasteiger partial charge in [0.2, 0.25) is 0 Å². The van der Waals surface area contributed by atoms with E-state index in [0.29, 0.717) is 18.8 Å². The minimum Gasteiger partial charge on any atom is -0.364 e.